The maximum absolute atomic E-state index is 9.89. The molecule has 2 radical (unpaired) electrons. The van der Waals surface area contributed by atoms with Gasteiger partial charge in [0.15, 0.2) is 29.0 Å². The van der Waals surface area contributed by atoms with Gasteiger partial charge in [0.05, 0.1) is 0 Å². The molecule has 0 bridgehead atoms. The van der Waals surface area contributed by atoms with E-state index < -0.39 is 32.4 Å². The minimum Gasteiger partial charge on any atom is -0.382 e. The van der Waals surface area contributed by atoms with E-state index in [1.807, 2.05) is 4.90 Å². The first-order valence-electron chi connectivity index (χ1n) is 7.12. The zero-order chi connectivity index (χ0) is 17.1. The zero-order valence-corrected chi connectivity index (χ0v) is 15.1. The van der Waals surface area contributed by atoms with Gasteiger partial charge in [-0.25, -0.2) is 14.9 Å². The lowest BCUT2D eigenvalue weighted by molar-refractivity contribution is -0.0452. The Hall–Kier alpha value is -0.745. The highest BCUT2D eigenvalue weighted by atomic mass is 79.9. The molecule has 3 aliphatic heterocycles. The third-order valence-electron chi connectivity index (χ3n) is 4.14. The number of rotatable bonds is 2. The highest BCUT2D eigenvalue weighted by Crippen LogP contribution is 2.58. The Morgan fingerprint density at radius 2 is 2.38 bits per heavy atom. The van der Waals surface area contributed by atoms with E-state index in [9.17, 15) is 4.89 Å². The van der Waals surface area contributed by atoms with Crippen LogP contribution >= 0.6 is 23.8 Å². The van der Waals surface area contributed by atoms with Crippen LogP contribution < -0.4 is 16.0 Å². The van der Waals surface area contributed by atoms with Crippen LogP contribution in [0.1, 0.15) is 0 Å². The number of nitrogens with zero attached hydrogens (tertiary/aromatic N) is 3. The van der Waals surface area contributed by atoms with Crippen molar-refractivity contribution in [2.45, 2.75) is 29.6 Å². The van der Waals surface area contributed by atoms with Gasteiger partial charge in [-0.2, -0.15) is 9.05 Å². The summed E-state index contributed by atoms with van der Waals surface area (Å²) in [4.78, 5) is 20.0. The Balaban J connectivity index is 1.66. The van der Waals surface area contributed by atoms with E-state index in [0.29, 0.717) is 17.3 Å². The molecule has 2 fully saturated rings. The van der Waals surface area contributed by atoms with Gasteiger partial charge in [-0.15, -0.1) is 0 Å². The van der Waals surface area contributed by atoms with Crippen molar-refractivity contribution in [3.8, 4) is 0 Å². The molecule has 128 valence electrons. The van der Waals surface area contributed by atoms with Crippen LogP contribution in [0.15, 0.2) is 6.33 Å². The number of aromatic nitrogens is 2. The molecule has 0 saturated carbocycles. The molecule has 4 rings (SSSR count). The summed E-state index contributed by atoms with van der Waals surface area (Å²) in [5, 5.41) is 2.82. The van der Waals surface area contributed by atoms with Crippen LogP contribution in [0.5, 0.6) is 0 Å². The molecular formula is C11H15BBrN5O5P+. The fraction of sp³-hybridized carbons (Fsp3) is 0.636. The standard InChI is InChI=1S/C11H15BBrN5O5P/c1-20-7-6-4(2-21-24(12,19)23-6)22-10(7)18-9-5(17-11(18)13)8(14)15-3-16-9/h3-4,6-7,10-11,17,19H,2H2,1H3,(H2,14,15,16)/q+1/t4?,6-,7?,10?,11?,24?/m1/s1. The quantitative estimate of drug-likeness (QED) is 0.261. The topological polar surface area (TPSA) is 124 Å². The molecule has 1 aromatic heterocycles. The second-order valence-electron chi connectivity index (χ2n) is 5.54. The molecule has 0 aromatic carbocycles. The van der Waals surface area contributed by atoms with Crippen molar-refractivity contribution in [2.24, 2.45) is 0 Å². The number of hydrogen-bond donors (Lipinski definition) is 3. The van der Waals surface area contributed by atoms with Crippen LogP contribution in [-0.4, -0.2) is 65.8 Å². The lowest BCUT2D eigenvalue weighted by Gasteiger charge is -2.31. The lowest BCUT2D eigenvalue weighted by Crippen LogP contribution is -2.49. The highest BCUT2D eigenvalue weighted by molar-refractivity contribution is 9.09. The van der Waals surface area contributed by atoms with Gasteiger partial charge in [0.1, 0.15) is 30.8 Å². The molecule has 1 aromatic rings. The van der Waals surface area contributed by atoms with Crippen LogP contribution in [0, 0.1) is 0 Å². The van der Waals surface area contributed by atoms with Crippen molar-refractivity contribution in [1.82, 2.24) is 9.97 Å². The minimum atomic E-state index is -3.36. The Morgan fingerprint density at radius 3 is 3.12 bits per heavy atom. The first-order chi connectivity index (χ1) is 11.4. The first-order valence-corrected chi connectivity index (χ1v) is 9.68. The predicted molar refractivity (Wildman–Crippen MR) is 90.4 cm³/mol. The molecule has 0 spiro atoms. The number of methoxy groups -OCH3 is 1. The van der Waals surface area contributed by atoms with Crippen molar-refractivity contribution in [3.63, 3.8) is 0 Å². The summed E-state index contributed by atoms with van der Waals surface area (Å²) in [6.07, 6.45) is -0.676. The van der Waals surface area contributed by atoms with E-state index in [0.717, 1.165) is 0 Å². The summed E-state index contributed by atoms with van der Waals surface area (Å²) in [5.74, 6) is 0.909. The summed E-state index contributed by atoms with van der Waals surface area (Å²) in [7, 11) is 3.80. The molecule has 13 heteroatoms. The average Bonchev–Trinajstić information content (AvgIpc) is 3.03. The van der Waals surface area contributed by atoms with Gasteiger partial charge in [0.25, 0.3) is 0 Å². The van der Waals surface area contributed by atoms with Gasteiger partial charge in [-0.3, -0.25) is 4.90 Å². The van der Waals surface area contributed by atoms with Crippen LogP contribution in [0.4, 0.5) is 17.3 Å². The summed E-state index contributed by atoms with van der Waals surface area (Å²) in [5.41, 5.74) is 6.50. The summed E-state index contributed by atoms with van der Waals surface area (Å²) < 4.78 is 22.3. The van der Waals surface area contributed by atoms with Gasteiger partial charge in [-0.1, -0.05) is 0 Å². The van der Waals surface area contributed by atoms with Crippen LogP contribution in [0.3, 0.4) is 0 Å². The van der Waals surface area contributed by atoms with Crippen molar-refractivity contribution in [1.29, 1.82) is 0 Å². The molecule has 5 unspecified atom stereocenters. The largest absolute Gasteiger partial charge is 0.488 e. The lowest BCUT2D eigenvalue weighted by atomic mass is 10.1. The number of alkyl halides is 1. The number of nitrogens with one attached hydrogen (secondary N) is 1. The number of ether oxygens (including phenoxy) is 2. The van der Waals surface area contributed by atoms with Gasteiger partial charge in [0, 0.05) is 7.11 Å². The van der Waals surface area contributed by atoms with Crippen LogP contribution in [0.25, 0.3) is 0 Å². The molecule has 3 aliphatic rings. The molecule has 6 atom stereocenters. The van der Waals surface area contributed by atoms with E-state index in [-0.39, 0.29) is 11.7 Å². The first kappa shape index (κ1) is 16.7. The summed E-state index contributed by atoms with van der Waals surface area (Å²) in [6, 6.07) is 0. The maximum Gasteiger partial charge on any atom is 0.488 e. The predicted octanol–water partition coefficient (Wildman–Crippen LogP) is -0.0371. The number of halogens is 1. The van der Waals surface area contributed by atoms with Crippen LogP contribution in [-0.2, 0) is 18.5 Å². The fourth-order valence-corrected chi connectivity index (χ4v) is 4.78. The van der Waals surface area contributed by atoms with E-state index in [4.69, 9.17) is 31.8 Å². The molecule has 0 aliphatic carbocycles. The van der Waals surface area contributed by atoms with Crippen molar-refractivity contribution >= 4 is 48.6 Å². The maximum atomic E-state index is 9.89. The van der Waals surface area contributed by atoms with Gasteiger partial charge < -0.3 is 20.5 Å². The van der Waals surface area contributed by atoms with Gasteiger partial charge in [-0.05, 0) is 15.9 Å². The van der Waals surface area contributed by atoms with Crippen molar-refractivity contribution in [2.75, 3.05) is 29.7 Å². The molecular weight excluding hydrogens is 404 g/mol. The number of fused-ring (bicyclic) bond motifs is 2. The smallest absolute Gasteiger partial charge is 0.382 e. The number of anilines is 3. The van der Waals surface area contributed by atoms with E-state index in [1.54, 1.807) is 0 Å². The minimum absolute atomic E-state index is 0.120. The molecule has 24 heavy (non-hydrogen) atoms. The second kappa shape index (κ2) is 5.91. The van der Waals surface area contributed by atoms with Crippen molar-refractivity contribution < 1.29 is 23.4 Å². The zero-order valence-electron chi connectivity index (χ0n) is 12.6. The number of hydrogen-bond acceptors (Lipinski definition) is 10. The Kier molecular flexibility index (Phi) is 4.11. The Labute approximate surface area is 148 Å². The number of nitrogen functional groups attached to an aromatic ring is 1. The Bertz CT molecular complexity index is 659. The van der Waals surface area contributed by atoms with Crippen molar-refractivity contribution in [3.05, 3.63) is 6.33 Å². The van der Waals surface area contributed by atoms with Crippen LogP contribution in [0.2, 0.25) is 0 Å². The van der Waals surface area contributed by atoms with E-state index in [1.165, 1.54) is 13.4 Å². The third-order valence-corrected chi connectivity index (χ3v) is 5.87. The van der Waals surface area contributed by atoms with Gasteiger partial charge in [0.2, 0.25) is 0 Å². The summed E-state index contributed by atoms with van der Waals surface area (Å²) >= 11 is 3.52. The molecule has 4 heterocycles. The molecule has 0 amide bonds. The monoisotopic (exact) mass is 418 g/mol. The second-order valence-corrected chi connectivity index (χ2v) is 8.00. The number of nitrogens with two attached hydrogens (primary N) is 1. The van der Waals surface area contributed by atoms with E-state index in [2.05, 4.69) is 31.2 Å². The summed E-state index contributed by atoms with van der Waals surface area (Å²) in [6.45, 7) is 0.120. The van der Waals surface area contributed by atoms with Gasteiger partial charge >= 0.3 is 15.4 Å². The normalized spacial score (nSPS) is 41.0. The third kappa shape index (κ3) is 2.57. The molecule has 4 N–H and O–H groups in total. The average molecular weight is 419 g/mol. The SMILES string of the molecule is [B][P+]1(O)OCC2OC(N3c4ncnc(N)c4NC3Br)C(OC)[C@@H]2O1. The molecule has 2 saturated heterocycles. The Morgan fingerprint density at radius 1 is 1.58 bits per heavy atom. The fourth-order valence-electron chi connectivity index (χ4n) is 3.10. The highest BCUT2D eigenvalue weighted by Gasteiger charge is 2.59. The van der Waals surface area contributed by atoms with E-state index >= 15 is 0 Å². The molecule has 10 nitrogen and oxygen atoms in total.